The van der Waals surface area contributed by atoms with Crippen LogP contribution in [0, 0.1) is 17.8 Å². The van der Waals surface area contributed by atoms with E-state index in [1.807, 2.05) is 12.1 Å². The molecule has 98 valence electrons. The maximum atomic E-state index is 13.0. The molecule has 0 radical (unpaired) electrons. The summed E-state index contributed by atoms with van der Waals surface area (Å²) in [5, 5.41) is 3.54. The molecular formula is C14H9FN4S. The Morgan fingerprint density at radius 2 is 2.05 bits per heavy atom. The molecule has 0 unspecified atom stereocenters. The number of hydrogen-bond acceptors (Lipinski definition) is 5. The first kappa shape index (κ1) is 12.5. The Bertz CT molecular complexity index is 815. The van der Waals surface area contributed by atoms with Crippen molar-refractivity contribution in [2.24, 2.45) is 0 Å². The summed E-state index contributed by atoms with van der Waals surface area (Å²) in [6, 6.07) is 6.69. The molecule has 0 aliphatic carbocycles. The van der Waals surface area contributed by atoms with E-state index in [0.29, 0.717) is 10.7 Å². The maximum Gasteiger partial charge on any atom is 0.214 e. The number of halogens is 1. The van der Waals surface area contributed by atoms with E-state index >= 15 is 0 Å². The smallest absolute Gasteiger partial charge is 0.214 e. The van der Waals surface area contributed by atoms with Gasteiger partial charge in [-0.25, -0.2) is 9.97 Å². The topological polar surface area (TPSA) is 50.7 Å². The standard InChI is InChI=1S/C14H9FN4S/c1-16-12-6-2-9(8-17-12)3-7-13-19-14-10(20-13)4-5-11(15)18-14/h2,4-6,8H,1H3,(H,16,17). The highest BCUT2D eigenvalue weighted by atomic mass is 32.1. The van der Waals surface area contributed by atoms with Crippen molar-refractivity contribution in [2.45, 2.75) is 0 Å². The van der Waals surface area contributed by atoms with Gasteiger partial charge in [0.05, 0.1) is 4.70 Å². The van der Waals surface area contributed by atoms with Gasteiger partial charge in [0.1, 0.15) is 5.82 Å². The molecule has 20 heavy (non-hydrogen) atoms. The second-order valence-corrected chi connectivity index (χ2v) is 4.94. The molecular weight excluding hydrogens is 275 g/mol. The Kier molecular flexibility index (Phi) is 3.27. The zero-order valence-electron chi connectivity index (χ0n) is 10.5. The zero-order valence-corrected chi connectivity index (χ0v) is 11.3. The van der Waals surface area contributed by atoms with E-state index < -0.39 is 5.95 Å². The minimum absolute atomic E-state index is 0.392. The predicted molar refractivity (Wildman–Crippen MR) is 77.1 cm³/mol. The van der Waals surface area contributed by atoms with Crippen molar-refractivity contribution in [3.05, 3.63) is 47.0 Å². The molecule has 1 N–H and O–H groups in total. The fraction of sp³-hybridized carbons (Fsp3) is 0.0714. The molecule has 3 rings (SSSR count). The van der Waals surface area contributed by atoms with Gasteiger partial charge in [0.15, 0.2) is 10.7 Å². The molecule has 0 aromatic carbocycles. The fourth-order valence-corrected chi connectivity index (χ4v) is 2.35. The predicted octanol–water partition coefficient (Wildman–Crippen LogP) is 2.67. The maximum absolute atomic E-state index is 13.0. The molecule has 3 aromatic rings. The lowest BCUT2D eigenvalue weighted by Gasteiger charge is -1.96. The molecule has 4 nitrogen and oxygen atoms in total. The van der Waals surface area contributed by atoms with E-state index in [2.05, 4.69) is 32.1 Å². The summed E-state index contributed by atoms with van der Waals surface area (Å²) in [6.45, 7) is 0. The molecule has 0 aliphatic rings. The Labute approximate surface area is 118 Å². The van der Waals surface area contributed by atoms with Gasteiger partial charge in [-0.15, -0.1) is 11.3 Å². The van der Waals surface area contributed by atoms with E-state index in [1.54, 1.807) is 19.3 Å². The zero-order chi connectivity index (χ0) is 13.9. The number of hydrogen-bond donors (Lipinski definition) is 1. The van der Waals surface area contributed by atoms with Crippen LogP contribution in [0.15, 0.2) is 30.5 Å². The Morgan fingerprint density at radius 3 is 2.80 bits per heavy atom. The van der Waals surface area contributed by atoms with Crippen LogP contribution in [0.1, 0.15) is 10.6 Å². The van der Waals surface area contributed by atoms with Crippen molar-refractivity contribution in [3.63, 3.8) is 0 Å². The number of pyridine rings is 2. The molecule has 3 heterocycles. The lowest BCUT2D eigenvalue weighted by atomic mass is 10.3. The molecule has 0 amide bonds. The average molecular weight is 284 g/mol. The van der Waals surface area contributed by atoms with Gasteiger partial charge in [-0.2, -0.15) is 9.37 Å². The summed E-state index contributed by atoms with van der Waals surface area (Å²) < 4.78 is 13.8. The lowest BCUT2D eigenvalue weighted by molar-refractivity contribution is 0.588. The van der Waals surface area contributed by atoms with Gasteiger partial charge in [-0.05, 0) is 30.2 Å². The summed E-state index contributed by atoms with van der Waals surface area (Å²) in [5.74, 6) is 6.17. The van der Waals surface area contributed by atoms with Crippen LogP contribution in [-0.2, 0) is 0 Å². The van der Waals surface area contributed by atoms with Crippen LogP contribution in [0.3, 0.4) is 0 Å². The second-order valence-electron chi connectivity index (χ2n) is 3.91. The van der Waals surface area contributed by atoms with Crippen LogP contribution in [0.4, 0.5) is 10.2 Å². The second kappa shape index (κ2) is 5.23. The largest absolute Gasteiger partial charge is 0.373 e. The van der Waals surface area contributed by atoms with Crippen molar-refractivity contribution in [3.8, 4) is 11.8 Å². The minimum atomic E-state index is -0.533. The summed E-state index contributed by atoms with van der Waals surface area (Å²) in [6.07, 6.45) is 1.68. The highest BCUT2D eigenvalue weighted by molar-refractivity contribution is 7.19. The Balaban J connectivity index is 1.90. The first-order valence-electron chi connectivity index (χ1n) is 5.83. The van der Waals surface area contributed by atoms with Gasteiger partial charge in [0.2, 0.25) is 5.95 Å². The van der Waals surface area contributed by atoms with Gasteiger partial charge in [-0.1, -0.05) is 5.92 Å². The third kappa shape index (κ3) is 2.58. The summed E-state index contributed by atoms with van der Waals surface area (Å²) in [4.78, 5) is 12.1. The molecule has 0 bridgehead atoms. The van der Waals surface area contributed by atoms with Gasteiger partial charge >= 0.3 is 0 Å². The minimum Gasteiger partial charge on any atom is -0.373 e. The number of nitrogens with zero attached hydrogens (tertiary/aromatic N) is 3. The van der Waals surface area contributed by atoms with Crippen molar-refractivity contribution in [1.29, 1.82) is 0 Å². The number of fused-ring (bicyclic) bond motifs is 1. The Hall–Kier alpha value is -2.52. The monoisotopic (exact) mass is 284 g/mol. The van der Waals surface area contributed by atoms with Crippen LogP contribution in [-0.4, -0.2) is 22.0 Å². The van der Waals surface area contributed by atoms with E-state index in [-0.39, 0.29) is 0 Å². The van der Waals surface area contributed by atoms with Crippen LogP contribution >= 0.6 is 11.3 Å². The number of thiazole rings is 1. The van der Waals surface area contributed by atoms with Gasteiger partial charge in [0, 0.05) is 18.8 Å². The summed E-state index contributed by atoms with van der Waals surface area (Å²) in [7, 11) is 1.81. The quantitative estimate of drug-likeness (QED) is 0.551. The van der Waals surface area contributed by atoms with Crippen molar-refractivity contribution in [2.75, 3.05) is 12.4 Å². The fourth-order valence-electron chi connectivity index (χ4n) is 1.59. The third-order valence-electron chi connectivity index (χ3n) is 2.55. The first-order chi connectivity index (χ1) is 9.74. The number of nitrogens with one attached hydrogen (secondary N) is 1. The molecule has 3 aromatic heterocycles. The number of anilines is 1. The van der Waals surface area contributed by atoms with Crippen molar-refractivity contribution < 1.29 is 4.39 Å². The first-order valence-corrected chi connectivity index (χ1v) is 6.65. The van der Waals surface area contributed by atoms with Crippen LogP contribution in [0.25, 0.3) is 10.3 Å². The van der Waals surface area contributed by atoms with E-state index in [4.69, 9.17) is 0 Å². The van der Waals surface area contributed by atoms with E-state index in [0.717, 1.165) is 16.1 Å². The van der Waals surface area contributed by atoms with Crippen LogP contribution in [0.5, 0.6) is 0 Å². The molecule has 0 spiro atoms. The molecule has 0 saturated carbocycles. The highest BCUT2D eigenvalue weighted by Crippen LogP contribution is 2.19. The van der Waals surface area contributed by atoms with E-state index in [9.17, 15) is 4.39 Å². The highest BCUT2D eigenvalue weighted by Gasteiger charge is 2.03. The number of aromatic nitrogens is 3. The molecule has 0 saturated heterocycles. The summed E-state index contributed by atoms with van der Waals surface area (Å²) >= 11 is 1.39. The van der Waals surface area contributed by atoms with Crippen LogP contribution < -0.4 is 5.32 Å². The van der Waals surface area contributed by atoms with E-state index in [1.165, 1.54) is 17.4 Å². The third-order valence-corrected chi connectivity index (χ3v) is 3.48. The molecule has 0 aliphatic heterocycles. The number of rotatable bonds is 1. The SMILES string of the molecule is CNc1ccc(C#Cc2nc3nc(F)ccc3s2)cn1. The van der Waals surface area contributed by atoms with Gasteiger partial charge in [-0.3, -0.25) is 0 Å². The normalized spacial score (nSPS) is 10.1. The van der Waals surface area contributed by atoms with Crippen LogP contribution in [0.2, 0.25) is 0 Å². The Morgan fingerprint density at radius 1 is 1.15 bits per heavy atom. The molecule has 0 atom stereocenters. The molecule has 6 heteroatoms. The van der Waals surface area contributed by atoms with Crippen molar-refractivity contribution >= 4 is 27.5 Å². The lowest BCUT2D eigenvalue weighted by Crippen LogP contribution is -1.91. The van der Waals surface area contributed by atoms with Gasteiger partial charge < -0.3 is 5.32 Å². The summed E-state index contributed by atoms with van der Waals surface area (Å²) in [5.41, 5.74) is 1.19. The van der Waals surface area contributed by atoms with Gasteiger partial charge in [0.25, 0.3) is 0 Å². The van der Waals surface area contributed by atoms with Crippen molar-refractivity contribution in [1.82, 2.24) is 15.0 Å². The average Bonchev–Trinajstić information content (AvgIpc) is 2.87. The molecule has 0 fully saturated rings.